The van der Waals surface area contributed by atoms with Crippen LogP contribution in [0.5, 0.6) is 5.75 Å². The molecule has 2 aromatic carbocycles. The molecule has 1 aromatic heterocycles. The summed E-state index contributed by atoms with van der Waals surface area (Å²) in [4.78, 5) is 2.34. The third-order valence-corrected chi connectivity index (χ3v) is 4.91. The molecule has 0 amide bonds. The first-order valence-electron chi connectivity index (χ1n) is 8.53. The lowest BCUT2D eigenvalue weighted by Gasteiger charge is -2.31. The number of nitrogens with zero attached hydrogens (tertiary/aromatic N) is 3. The summed E-state index contributed by atoms with van der Waals surface area (Å²) in [6.45, 7) is 4.36. The number of anilines is 1. The first kappa shape index (κ1) is 14.9. The molecule has 0 aliphatic carbocycles. The zero-order chi connectivity index (χ0) is 16.5. The van der Waals surface area contributed by atoms with E-state index in [9.17, 15) is 5.11 Å². The molecule has 0 saturated carbocycles. The van der Waals surface area contributed by atoms with Crippen LogP contribution in [0.1, 0.15) is 19.8 Å². The summed E-state index contributed by atoms with van der Waals surface area (Å²) in [7, 11) is 0. The van der Waals surface area contributed by atoms with Crippen molar-refractivity contribution in [2.24, 2.45) is 5.92 Å². The average Bonchev–Trinajstić information content (AvgIpc) is 2.62. The number of aromatic hydroxyl groups is 1. The summed E-state index contributed by atoms with van der Waals surface area (Å²) < 4.78 is 0. The number of benzene rings is 2. The van der Waals surface area contributed by atoms with Gasteiger partial charge in [-0.3, -0.25) is 0 Å². The van der Waals surface area contributed by atoms with Gasteiger partial charge in [-0.25, -0.2) is 0 Å². The molecule has 0 bridgehead atoms. The molecular weight excluding hydrogens is 298 g/mol. The Morgan fingerprint density at radius 3 is 2.33 bits per heavy atom. The molecule has 3 aromatic rings. The zero-order valence-electron chi connectivity index (χ0n) is 13.8. The average molecular weight is 319 g/mol. The van der Waals surface area contributed by atoms with Crippen molar-refractivity contribution in [2.45, 2.75) is 19.8 Å². The fourth-order valence-corrected chi connectivity index (χ4v) is 3.42. The maximum atomic E-state index is 10.2. The Morgan fingerprint density at radius 1 is 0.917 bits per heavy atom. The number of para-hydroxylation sites is 1. The van der Waals surface area contributed by atoms with E-state index < -0.39 is 0 Å². The lowest BCUT2D eigenvalue weighted by molar-refractivity contribution is 0.436. The van der Waals surface area contributed by atoms with Gasteiger partial charge in [0.25, 0.3) is 0 Å². The topological polar surface area (TPSA) is 49.2 Å². The van der Waals surface area contributed by atoms with Gasteiger partial charge in [-0.05, 0) is 30.9 Å². The number of aromatic nitrogens is 2. The Hall–Kier alpha value is -2.62. The van der Waals surface area contributed by atoms with Crippen molar-refractivity contribution in [3.63, 3.8) is 0 Å². The maximum absolute atomic E-state index is 10.2. The van der Waals surface area contributed by atoms with Gasteiger partial charge in [-0.2, -0.15) is 0 Å². The predicted molar refractivity (Wildman–Crippen MR) is 97.2 cm³/mol. The van der Waals surface area contributed by atoms with Crippen molar-refractivity contribution < 1.29 is 5.11 Å². The fraction of sp³-hybridized carbons (Fsp3) is 0.300. The third-order valence-electron chi connectivity index (χ3n) is 4.91. The van der Waals surface area contributed by atoms with Gasteiger partial charge < -0.3 is 10.0 Å². The maximum Gasteiger partial charge on any atom is 0.159 e. The Kier molecular flexibility index (Phi) is 3.81. The number of fused-ring (bicyclic) bond motifs is 1. The quantitative estimate of drug-likeness (QED) is 0.767. The highest BCUT2D eigenvalue weighted by Gasteiger charge is 2.21. The smallest absolute Gasteiger partial charge is 0.159 e. The molecule has 1 aliphatic rings. The van der Waals surface area contributed by atoms with Crippen molar-refractivity contribution in [1.29, 1.82) is 0 Å². The second-order valence-corrected chi connectivity index (χ2v) is 6.60. The zero-order valence-corrected chi connectivity index (χ0v) is 13.8. The van der Waals surface area contributed by atoms with E-state index in [0.29, 0.717) is 0 Å². The van der Waals surface area contributed by atoms with Crippen molar-refractivity contribution in [2.75, 3.05) is 18.0 Å². The molecule has 0 atom stereocenters. The number of hydrogen-bond donors (Lipinski definition) is 1. The van der Waals surface area contributed by atoms with Crippen LogP contribution in [-0.4, -0.2) is 28.4 Å². The van der Waals surface area contributed by atoms with E-state index in [0.717, 1.165) is 46.9 Å². The minimum absolute atomic E-state index is 0.233. The van der Waals surface area contributed by atoms with Gasteiger partial charge in [-0.1, -0.05) is 43.3 Å². The van der Waals surface area contributed by atoms with Crippen LogP contribution in [0.3, 0.4) is 0 Å². The lowest BCUT2D eigenvalue weighted by Crippen LogP contribution is -2.33. The van der Waals surface area contributed by atoms with Crippen LogP contribution in [0.2, 0.25) is 0 Å². The molecule has 0 unspecified atom stereocenters. The molecule has 0 spiro atoms. The van der Waals surface area contributed by atoms with Crippen LogP contribution in [0.4, 0.5) is 5.82 Å². The van der Waals surface area contributed by atoms with Gasteiger partial charge >= 0.3 is 0 Å². The Morgan fingerprint density at radius 2 is 1.58 bits per heavy atom. The monoisotopic (exact) mass is 319 g/mol. The van der Waals surface area contributed by atoms with Crippen molar-refractivity contribution in [1.82, 2.24) is 10.2 Å². The Labute approximate surface area is 141 Å². The van der Waals surface area contributed by atoms with Crippen LogP contribution in [0.25, 0.3) is 22.0 Å². The number of phenolic OH excluding ortho intramolecular Hbond substituents is 1. The molecular formula is C20H21N3O. The highest BCUT2D eigenvalue weighted by molar-refractivity contribution is 6.01. The summed E-state index contributed by atoms with van der Waals surface area (Å²) in [5.74, 6) is 1.97. The standard InChI is InChI=1S/C20H21N3O/c1-14-10-12-23(13-11-14)20-16-7-3-2-6-15(16)19(21-22-20)17-8-4-5-9-18(17)24/h2-9,14,24H,10-13H2,1H3. The first-order valence-corrected chi connectivity index (χ1v) is 8.53. The second kappa shape index (κ2) is 6.11. The van der Waals surface area contributed by atoms with Gasteiger partial charge in [0.15, 0.2) is 5.82 Å². The second-order valence-electron chi connectivity index (χ2n) is 6.60. The lowest BCUT2D eigenvalue weighted by atomic mass is 9.98. The van der Waals surface area contributed by atoms with Gasteiger partial charge in [0.2, 0.25) is 0 Å². The molecule has 0 radical (unpaired) electrons. The summed E-state index contributed by atoms with van der Waals surface area (Å²) in [6.07, 6.45) is 2.38. The van der Waals surface area contributed by atoms with Gasteiger partial charge in [-0.15, -0.1) is 10.2 Å². The normalized spacial score (nSPS) is 15.8. The van der Waals surface area contributed by atoms with Crippen LogP contribution >= 0.6 is 0 Å². The van der Waals surface area contributed by atoms with E-state index in [4.69, 9.17) is 0 Å². The molecule has 1 saturated heterocycles. The molecule has 4 nitrogen and oxygen atoms in total. The highest BCUT2D eigenvalue weighted by Crippen LogP contribution is 2.35. The predicted octanol–water partition coefficient (Wildman–Crippen LogP) is 4.24. The van der Waals surface area contributed by atoms with Crippen molar-refractivity contribution >= 4 is 16.6 Å². The summed E-state index contributed by atoms with van der Waals surface area (Å²) >= 11 is 0. The van der Waals surface area contributed by atoms with Gasteiger partial charge in [0, 0.05) is 29.4 Å². The van der Waals surface area contributed by atoms with Crippen LogP contribution in [-0.2, 0) is 0 Å². The van der Waals surface area contributed by atoms with Crippen LogP contribution in [0.15, 0.2) is 48.5 Å². The number of rotatable bonds is 2. The van der Waals surface area contributed by atoms with E-state index in [1.54, 1.807) is 6.07 Å². The molecule has 122 valence electrons. The van der Waals surface area contributed by atoms with E-state index in [2.05, 4.69) is 34.2 Å². The van der Waals surface area contributed by atoms with Crippen LogP contribution < -0.4 is 4.90 Å². The van der Waals surface area contributed by atoms with Gasteiger partial charge in [0.1, 0.15) is 11.4 Å². The van der Waals surface area contributed by atoms with Crippen LogP contribution in [0, 0.1) is 5.92 Å². The number of hydrogen-bond acceptors (Lipinski definition) is 4. The number of phenols is 1. The van der Waals surface area contributed by atoms with E-state index in [1.165, 1.54) is 12.8 Å². The summed E-state index contributed by atoms with van der Waals surface area (Å²) in [5, 5.41) is 21.3. The molecule has 24 heavy (non-hydrogen) atoms. The largest absolute Gasteiger partial charge is 0.507 e. The van der Waals surface area contributed by atoms with E-state index in [1.807, 2.05) is 30.3 Å². The van der Waals surface area contributed by atoms with Crippen molar-refractivity contribution in [3.05, 3.63) is 48.5 Å². The minimum atomic E-state index is 0.233. The summed E-state index contributed by atoms with van der Waals surface area (Å²) in [5.41, 5.74) is 1.46. The Balaban J connectivity index is 1.85. The molecule has 1 N–H and O–H groups in total. The number of piperidine rings is 1. The molecule has 2 heterocycles. The molecule has 1 aliphatic heterocycles. The molecule has 1 fully saturated rings. The third kappa shape index (κ3) is 2.58. The molecule has 4 rings (SSSR count). The molecule has 4 heteroatoms. The van der Waals surface area contributed by atoms with E-state index >= 15 is 0 Å². The van der Waals surface area contributed by atoms with E-state index in [-0.39, 0.29) is 5.75 Å². The highest BCUT2D eigenvalue weighted by atomic mass is 16.3. The summed E-state index contributed by atoms with van der Waals surface area (Å²) in [6, 6.07) is 15.5. The first-order chi connectivity index (χ1) is 11.7. The SMILES string of the molecule is CC1CCN(c2nnc(-c3ccccc3O)c3ccccc23)CC1. The fourth-order valence-electron chi connectivity index (χ4n) is 3.42. The Bertz CT molecular complexity index is 870. The van der Waals surface area contributed by atoms with Gasteiger partial charge in [0.05, 0.1) is 0 Å². The minimum Gasteiger partial charge on any atom is -0.507 e. The van der Waals surface area contributed by atoms with Crippen molar-refractivity contribution in [3.8, 4) is 17.0 Å².